The van der Waals surface area contributed by atoms with E-state index >= 15 is 0 Å². The molecule has 0 atom stereocenters. The Hall–Kier alpha value is -8.35. The molecule has 6 heteroatoms. The SMILES string of the molecule is Cc1cccc(-c2cc(-c3nc(-c4ccccc4)cc(-c4ccccc4)n3)cc(-c3cccc(C(F)(F)F)c3)c2-n2c3ccc(-c4ccccc4)cc3c3cc(-c4ccccc4)ccc32)c1. The van der Waals surface area contributed by atoms with Crippen LogP contribution in [0.15, 0.2) is 224 Å². The van der Waals surface area contributed by atoms with Gasteiger partial charge in [0.25, 0.3) is 0 Å². The predicted molar refractivity (Wildman–Crippen MR) is 264 cm³/mol. The standard InChI is InChI=1S/C60H40F3N3/c1-39-16-14-25-46(32-39)50-36-48(59-64-54(42-21-10-4-11-22-42)38-55(65-59)43-23-12-5-13-24-43)37-51(47-26-15-27-49(33-47)60(61,62)63)58(50)66-56-30-28-44(40-17-6-2-7-18-40)34-52(56)53-35-45(29-31-57(53)66)41-19-8-3-9-20-41/h2-38H,1H3. The molecule has 0 fully saturated rings. The summed E-state index contributed by atoms with van der Waals surface area (Å²) in [5.41, 5.74) is 13.9. The molecule has 0 unspecified atom stereocenters. The molecule has 0 N–H and O–H groups in total. The van der Waals surface area contributed by atoms with Crippen molar-refractivity contribution in [2.75, 3.05) is 0 Å². The molecule has 0 spiro atoms. The molecule has 9 aromatic carbocycles. The van der Waals surface area contributed by atoms with Gasteiger partial charge in [-0.15, -0.1) is 0 Å². The van der Waals surface area contributed by atoms with Gasteiger partial charge in [0.05, 0.1) is 33.7 Å². The van der Waals surface area contributed by atoms with Crippen molar-refractivity contribution in [3.8, 4) is 84.1 Å². The molecule has 0 aliphatic heterocycles. The number of alkyl halides is 3. The topological polar surface area (TPSA) is 30.7 Å². The lowest BCUT2D eigenvalue weighted by atomic mass is 9.91. The van der Waals surface area contributed by atoms with E-state index in [2.05, 4.69) is 96.4 Å². The quantitative estimate of drug-likeness (QED) is 0.152. The molecular formula is C60H40F3N3. The molecule has 0 aliphatic rings. The molecule has 316 valence electrons. The van der Waals surface area contributed by atoms with Crippen molar-refractivity contribution >= 4 is 21.8 Å². The van der Waals surface area contributed by atoms with Gasteiger partial charge in [-0.05, 0) is 94.9 Å². The van der Waals surface area contributed by atoms with Crippen LogP contribution in [0.4, 0.5) is 13.2 Å². The van der Waals surface area contributed by atoms with Crippen LogP contribution in [-0.2, 0) is 6.18 Å². The first-order chi connectivity index (χ1) is 32.2. The first-order valence-electron chi connectivity index (χ1n) is 21.9. The van der Waals surface area contributed by atoms with Gasteiger partial charge in [-0.1, -0.05) is 175 Å². The van der Waals surface area contributed by atoms with Crippen molar-refractivity contribution in [1.29, 1.82) is 0 Å². The number of halogens is 3. The molecule has 0 bridgehead atoms. The number of hydrogen-bond donors (Lipinski definition) is 0. The fourth-order valence-electron chi connectivity index (χ4n) is 9.09. The molecule has 3 nitrogen and oxygen atoms in total. The Kier molecular flexibility index (Phi) is 10.2. The molecule has 0 radical (unpaired) electrons. The highest BCUT2D eigenvalue weighted by atomic mass is 19.4. The highest BCUT2D eigenvalue weighted by molar-refractivity contribution is 6.13. The number of benzene rings is 9. The lowest BCUT2D eigenvalue weighted by Crippen LogP contribution is -2.06. The third-order valence-electron chi connectivity index (χ3n) is 12.3. The number of aromatic nitrogens is 3. The van der Waals surface area contributed by atoms with Crippen LogP contribution in [0.1, 0.15) is 11.1 Å². The summed E-state index contributed by atoms with van der Waals surface area (Å²) in [7, 11) is 0. The zero-order valence-corrected chi connectivity index (χ0v) is 35.8. The van der Waals surface area contributed by atoms with Gasteiger partial charge in [0.1, 0.15) is 0 Å². The fourth-order valence-corrected chi connectivity index (χ4v) is 9.09. The maximum atomic E-state index is 14.7. The van der Waals surface area contributed by atoms with E-state index in [1.54, 1.807) is 6.07 Å². The van der Waals surface area contributed by atoms with Gasteiger partial charge in [-0.3, -0.25) is 0 Å². The highest BCUT2D eigenvalue weighted by Gasteiger charge is 2.31. The van der Waals surface area contributed by atoms with Gasteiger partial charge >= 0.3 is 6.18 Å². The second-order valence-corrected chi connectivity index (χ2v) is 16.6. The number of rotatable bonds is 8. The minimum atomic E-state index is -4.57. The second kappa shape index (κ2) is 16.6. The molecule has 0 saturated carbocycles. The summed E-state index contributed by atoms with van der Waals surface area (Å²) in [6, 6.07) is 73.5. The normalized spacial score (nSPS) is 11.6. The molecular weight excluding hydrogens is 820 g/mol. The second-order valence-electron chi connectivity index (χ2n) is 16.6. The Morgan fingerprint density at radius 2 is 0.803 bits per heavy atom. The van der Waals surface area contributed by atoms with Crippen molar-refractivity contribution in [3.05, 3.63) is 236 Å². The summed E-state index contributed by atoms with van der Waals surface area (Å²) < 4.78 is 46.5. The highest BCUT2D eigenvalue weighted by Crippen LogP contribution is 2.46. The minimum absolute atomic E-state index is 0.412. The zero-order chi connectivity index (χ0) is 44.8. The van der Waals surface area contributed by atoms with Crippen LogP contribution in [0.2, 0.25) is 0 Å². The maximum absolute atomic E-state index is 14.7. The van der Waals surface area contributed by atoms with Gasteiger partial charge < -0.3 is 4.57 Å². The largest absolute Gasteiger partial charge is 0.416 e. The molecule has 2 aromatic heterocycles. The molecule has 0 aliphatic carbocycles. The molecule has 0 saturated heterocycles. The zero-order valence-electron chi connectivity index (χ0n) is 35.8. The average molecular weight is 860 g/mol. The van der Waals surface area contributed by atoms with Gasteiger partial charge in [0.2, 0.25) is 0 Å². The summed E-state index contributed by atoms with van der Waals surface area (Å²) in [6.07, 6.45) is -4.57. The Balaban J connectivity index is 1.27. The van der Waals surface area contributed by atoms with E-state index in [0.717, 1.165) is 95.0 Å². The van der Waals surface area contributed by atoms with E-state index < -0.39 is 11.7 Å². The third kappa shape index (κ3) is 7.62. The first kappa shape index (κ1) is 40.4. The van der Waals surface area contributed by atoms with Gasteiger partial charge in [-0.2, -0.15) is 13.2 Å². The van der Waals surface area contributed by atoms with E-state index in [1.807, 2.05) is 115 Å². The van der Waals surface area contributed by atoms with Crippen molar-refractivity contribution in [3.63, 3.8) is 0 Å². The van der Waals surface area contributed by atoms with Crippen molar-refractivity contribution in [2.45, 2.75) is 13.1 Å². The smallest absolute Gasteiger partial charge is 0.308 e. The van der Waals surface area contributed by atoms with E-state index in [4.69, 9.17) is 9.97 Å². The summed E-state index contributed by atoms with van der Waals surface area (Å²) in [5, 5.41) is 2.04. The van der Waals surface area contributed by atoms with Crippen LogP contribution in [0.5, 0.6) is 0 Å². The molecule has 0 amide bonds. The monoisotopic (exact) mass is 859 g/mol. The van der Waals surface area contributed by atoms with Gasteiger partial charge in [-0.25, -0.2) is 9.97 Å². The maximum Gasteiger partial charge on any atom is 0.416 e. The fraction of sp³-hybridized carbons (Fsp3) is 0.0333. The Labute approximate surface area is 380 Å². The van der Waals surface area contributed by atoms with E-state index in [1.165, 1.54) is 12.1 Å². The number of fused-ring (bicyclic) bond motifs is 3. The minimum Gasteiger partial charge on any atom is -0.308 e. The van der Waals surface area contributed by atoms with Crippen LogP contribution in [0.25, 0.3) is 106 Å². The summed E-state index contributed by atoms with van der Waals surface area (Å²) >= 11 is 0. The number of hydrogen-bond acceptors (Lipinski definition) is 2. The molecule has 11 rings (SSSR count). The molecule has 66 heavy (non-hydrogen) atoms. The molecule has 11 aromatic rings. The lowest BCUT2D eigenvalue weighted by molar-refractivity contribution is -0.137. The van der Waals surface area contributed by atoms with Crippen LogP contribution in [0.3, 0.4) is 0 Å². The van der Waals surface area contributed by atoms with Crippen molar-refractivity contribution in [2.24, 2.45) is 0 Å². The average Bonchev–Trinajstić information content (AvgIpc) is 3.69. The Bertz CT molecular complexity index is 3410. The number of aryl methyl sites for hydroxylation is 1. The van der Waals surface area contributed by atoms with E-state index in [9.17, 15) is 13.2 Å². The predicted octanol–water partition coefficient (Wildman–Crippen LogP) is 16.6. The van der Waals surface area contributed by atoms with Crippen LogP contribution in [-0.4, -0.2) is 14.5 Å². The third-order valence-corrected chi connectivity index (χ3v) is 12.3. The summed E-state index contributed by atoms with van der Waals surface area (Å²) in [6.45, 7) is 2.05. The summed E-state index contributed by atoms with van der Waals surface area (Å²) in [4.78, 5) is 10.4. The Morgan fingerprint density at radius 1 is 0.364 bits per heavy atom. The van der Waals surface area contributed by atoms with Gasteiger partial charge in [0, 0.05) is 38.6 Å². The van der Waals surface area contributed by atoms with Crippen LogP contribution < -0.4 is 0 Å². The first-order valence-corrected chi connectivity index (χ1v) is 21.9. The van der Waals surface area contributed by atoms with E-state index in [-0.39, 0.29) is 0 Å². The lowest BCUT2D eigenvalue weighted by Gasteiger charge is -2.22. The van der Waals surface area contributed by atoms with Crippen molar-refractivity contribution < 1.29 is 13.2 Å². The molecule has 2 heterocycles. The van der Waals surface area contributed by atoms with Gasteiger partial charge in [0.15, 0.2) is 5.82 Å². The van der Waals surface area contributed by atoms with E-state index in [0.29, 0.717) is 22.5 Å². The van der Waals surface area contributed by atoms with Crippen molar-refractivity contribution in [1.82, 2.24) is 14.5 Å². The summed E-state index contributed by atoms with van der Waals surface area (Å²) in [5.74, 6) is 0.450. The van der Waals surface area contributed by atoms with Crippen LogP contribution >= 0.6 is 0 Å². The number of nitrogens with zero attached hydrogens (tertiary/aromatic N) is 3. The Morgan fingerprint density at radius 3 is 1.27 bits per heavy atom. The van der Waals surface area contributed by atoms with Crippen LogP contribution in [0, 0.1) is 6.92 Å².